The topological polar surface area (TPSA) is 78.9 Å². The van der Waals surface area contributed by atoms with E-state index in [0.717, 1.165) is 10.5 Å². The minimum absolute atomic E-state index is 0.00513. The second kappa shape index (κ2) is 6.62. The number of ether oxygens (including phenoxy) is 1. The molecule has 0 fully saturated rings. The maximum atomic E-state index is 12.1. The van der Waals surface area contributed by atoms with Crippen LogP contribution in [0.5, 0.6) is 5.75 Å². The van der Waals surface area contributed by atoms with Gasteiger partial charge in [0.2, 0.25) is 0 Å². The maximum Gasteiger partial charge on any atom is 0.277 e. The van der Waals surface area contributed by atoms with Gasteiger partial charge in [0.1, 0.15) is 11.4 Å². The van der Waals surface area contributed by atoms with Crippen molar-refractivity contribution in [3.63, 3.8) is 0 Å². The molecule has 0 saturated heterocycles. The average molecular weight is 304 g/mol. The highest BCUT2D eigenvalue weighted by Crippen LogP contribution is 2.25. The number of aryl methyl sites for hydroxylation is 1. The van der Waals surface area contributed by atoms with Crippen LogP contribution in [0.4, 0.5) is 5.69 Å². The Balaban J connectivity index is 2.19. The molecule has 6 heteroatoms. The zero-order valence-corrected chi connectivity index (χ0v) is 12.9. The van der Waals surface area contributed by atoms with E-state index in [2.05, 4.69) is 5.32 Å². The molecule has 0 unspecified atom stereocenters. The van der Waals surface area contributed by atoms with Gasteiger partial charge in [-0.2, -0.15) is 0 Å². The Morgan fingerprint density at radius 2 is 2.05 bits per heavy atom. The maximum absolute atomic E-state index is 12.1. The number of aliphatic hydroxyl groups is 1. The highest BCUT2D eigenvalue weighted by molar-refractivity contribution is 6.17. The van der Waals surface area contributed by atoms with Gasteiger partial charge in [0.25, 0.3) is 11.8 Å². The van der Waals surface area contributed by atoms with Gasteiger partial charge in [-0.3, -0.25) is 14.5 Å². The first kappa shape index (κ1) is 16.0. The van der Waals surface area contributed by atoms with Crippen LogP contribution in [0, 0.1) is 6.92 Å². The number of hydrogen-bond acceptors (Lipinski definition) is 5. The summed E-state index contributed by atoms with van der Waals surface area (Å²) < 4.78 is 5.63. The van der Waals surface area contributed by atoms with E-state index in [1.807, 2.05) is 32.9 Å². The Labute approximate surface area is 129 Å². The van der Waals surface area contributed by atoms with E-state index < -0.39 is 11.8 Å². The van der Waals surface area contributed by atoms with Crippen LogP contribution in [0.15, 0.2) is 30.0 Å². The van der Waals surface area contributed by atoms with Gasteiger partial charge in [-0.25, -0.2) is 0 Å². The standard InChI is InChI=1S/C16H20N2O4/c1-10(2)22-12-5-4-11(3)13(8-12)17-14-9-15(20)18(6-7-19)16(14)21/h4-5,8-10,17,19H,6-7H2,1-3H3. The number of carbonyl (C=O) groups is 2. The molecule has 2 amide bonds. The van der Waals surface area contributed by atoms with Crippen molar-refractivity contribution in [1.29, 1.82) is 0 Å². The number of hydrogen-bond donors (Lipinski definition) is 2. The van der Waals surface area contributed by atoms with Crippen molar-refractivity contribution in [1.82, 2.24) is 4.90 Å². The number of benzene rings is 1. The van der Waals surface area contributed by atoms with Gasteiger partial charge < -0.3 is 15.2 Å². The van der Waals surface area contributed by atoms with Gasteiger partial charge in [0.05, 0.1) is 19.3 Å². The number of imide groups is 1. The van der Waals surface area contributed by atoms with E-state index in [9.17, 15) is 9.59 Å². The van der Waals surface area contributed by atoms with Gasteiger partial charge >= 0.3 is 0 Å². The molecule has 0 spiro atoms. The molecule has 0 saturated carbocycles. The number of anilines is 1. The molecule has 6 nitrogen and oxygen atoms in total. The predicted octanol–water partition coefficient (Wildman–Crippen LogP) is 1.44. The molecule has 0 aromatic heterocycles. The number of rotatable bonds is 6. The third-order valence-electron chi connectivity index (χ3n) is 3.18. The third kappa shape index (κ3) is 3.46. The summed E-state index contributed by atoms with van der Waals surface area (Å²) in [6.45, 7) is 5.50. The molecule has 1 aliphatic heterocycles. The Hall–Kier alpha value is -2.34. The summed E-state index contributed by atoms with van der Waals surface area (Å²) in [6, 6.07) is 5.53. The summed E-state index contributed by atoms with van der Waals surface area (Å²) >= 11 is 0. The van der Waals surface area contributed by atoms with Crippen molar-refractivity contribution in [3.05, 3.63) is 35.5 Å². The van der Waals surface area contributed by atoms with Crippen LogP contribution in [0.25, 0.3) is 0 Å². The van der Waals surface area contributed by atoms with Gasteiger partial charge in [0.15, 0.2) is 0 Å². The number of carbonyl (C=O) groups excluding carboxylic acids is 2. The van der Waals surface area contributed by atoms with Crippen LogP contribution in [-0.4, -0.2) is 41.1 Å². The zero-order valence-electron chi connectivity index (χ0n) is 12.9. The van der Waals surface area contributed by atoms with E-state index in [1.54, 1.807) is 6.07 Å². The fourth-order valence-corrected chi connectivity index (χ4v) is 2.14. The minimum Gasteiger partial charge on any atom is -0.491 e. The van der Waals surface area contributed by atoms with Crippen molar-refractivity contribution in [2.24, 2.45) is 0 Å². The van der Waals surface area contributed by atoms with E-state index in [0.29, 0.717) is 11.4 Å². The Bertz CT molecular complexity index is 623. The van der Waals surface area contributed by atoms with E-state index in [4.69, 9.17) is 9.84 Å². The summed E-state index contributed by atoms with van der Waals surface area (Å²) in [5.41, 5.74) is 1.83. The van der Waals surface area contributed by atoms with Gasteiger partial charge in [-0.1, -0.05) is 6.07 Å². The lowest BCUT2D eigenvalue weighted by atomic mass is 10.2. The zero-order chi connectivity index (χ0) is 16.3. The Morgan fingerprint density at radius 3 is 2.68 bits per heavy atom. The lowest BCUT2D eigenvalue weighted by molar-refractivity contribution is -0.137. The normalized spacial score (nSPS) is 14.6. The molecule has 0 radical (unpaired) electrons. The summed E-state index contributed by atoms with van der Waals surface area (Å²) in [5.74, 6) is -0.171. The molecule has 2 N–H and O–H groups in total. The van der Waals surface area contributed by atoms with Crippen LogP contribution in [-0.2, 0) is 9.59 Å². The van der Waals surface area contributed by atoms with Gasteiger partial charge in [-0.15, -0.1) is 0 Å². The highest BCUT2D eigenvalue weighted by Gasteiger charge is 2.30. The molecule has 0 atom stereocenters. The number of nitrogens with one attached hydrogen (secondary N) is 1. The lowest BCUT2D eigenvalue weighted by Crippen LogP contribution is -2.34. The molecule has 22 heavy (non-hydrogen) atoms. The van der Waals surface area contributed by atoms with Gasteiger partial charge in [0, 0.05) is 17.8 Å². The first-order valence-electron chi connectivity index (χ1n) is 7.15. The summed E-state index contributed by atoms with van der Waals surface area (Å²) in [4.78, 5) is 24.8. The van der Waals surface area contributed by atoms with E-state index >= 15 is 0 Å². The lowest BCUT2D eigenvalue weighted by Gasteiger charge is -2.16. The quantitative estimate of drug-likeness (QED) is 0.778. The molecule has 1 aromatic carbocycles. The van der Waals surface area contributed by atoms with Crippen LogP contribution in [0.2, 0.25) is 0 Å². The first-order chi connectivity index (χ1) is 10.4. The van der Waals surface area contributed by atoms with E-state index in [-0.39, 0.29) is 25.0 Å². The van der Waals surface area contributed by atoms with Crippen molar-refractivity contribution in [3.8, 4) is 5.75 Å². The SMILES string of the molecule is Cc1ccc(OC(C)C)cc1NC1=CC(=O)N(CCO)C1=O. The molecule has 2 rings (SSSR count). The van der Waals surface area contributed by atoms with Crippen LogP contribution in [0.3, 0.4) is 0 Å². The fourth-order valence-electron chi connectivity index (χ4n) is 2.14. The number of amides is 2. The molecular formula is C16H20N2O4. The first-order valence-corrected chi connectivity index (χ1v) is 7.15. The second-order valence-corrected chi connectivity index (χ2v) is 5.34. The molecular weight excluding hydrogens is 284 g/mol. The Kier molecular flexibility index (Phi) is 4.82. The fraction of sp³-hybridized carbons (Fsp3) is 0.375. The largest absolute Gasteiger partial charge is 0.491 e. The highest BCUT2D eigenvalue weighted by atomic mass is 16.5. The molecule has 0 aliphatic carbocycles. The minimum atomic E-state index is -0.436. The van der Waals surface area contributed by atoms with Crippen LogP contribution >= 0.6 is 0 Å². The second-order valence-electron chi connectivity index (χ2n) is 5.34. The van der Waals surface area contributed by atoms with E-state index in [1.165, 1.54) is 6.08 Å². The number of β-amino-alcohol motifs (C(OH)–C–C–N with tert-alkyl or cyclic N) is 1. The van der Waals surface area contributed by atoms with Gasteiger partial charge in [-0.05, 0) is 32.4 Å². The van der Waals surface area contributed by atoms with Crippen molar-refractivity contribution in [2.75, 3.05) is 18.5 Å². The molecule has 1 aromatic rings. The number of aliphatic hydroxyl groups excluding tert-OH is 1. The monoisotopic (exact) mass is 304 g/mol. The summed E-state index contributed by atoms with van der Waals surface area (Å²) in [5, 5.41) is 11.9. The predicted molar refractivity (Wildman–Crippen MR) is 82.5 cm³/mol. The molecule has 1 heterocycles. The number of nitrogens with zero attached hydrogens (tertiary/aromatic N) is 1. The molecule has 1 aliphatic rings. The molecule has 0 bridgehead atoms. The summed E-state index contributed by atoms with van der Waals surface area (Å²) in [6.07, 6.45) is 1.29. The molecule has 118 valence electrons. The van der Waals surface area contributed by atoms with Crippen molar-refractivity contribution in [2.45, 2.75) is 26.9 Å². The average Bonchev–Trinajstić information content (AvgIpc) is 2.70. The summed E-state index contributed by atoms with van der Waals surface area (Å²) in [7, 11) is 0. The van der Waals surface area contributed by atoms with Crippen LogP contribution in [0.1, 0.15) is 19.4 Å². The van der Waals surface area contributed by atoms with Crippen LogP contribution < -0.4 is 10.1 Å². The van der Waals surface area contributed by atoms with Crippen molar-refractivity contribution >= 4 is 17.5 Å². The third-order valence-corrected chi connectivity index (χ3v) is 3.18. The Morgan fingerprint density at radius 1 is 1.32 bits per heavy atom. The smallest absolute Gasteiger partial charge is 0.277 e. The van der Waals surface area contributed by atoms with Crippen molar-refractivity contribution < 1.29 is 19.4 Å².